The molecular formula is C28H25Cl2NO5. The summed E-state index contributed by atoms with van der Waals surface area (Å²) in [7, 11) is 0. The van der Waals surface area contributed by atoms with Gasteiger partial charge in [-0.15, -0.1) is 0 Å². The highest BCUT2D eigenvalue weighted by Crippen LogP contribution is 2.49. The summed E-state index contributed by atoms with van der Waals surface area (Å²) in [5.74, 6) is 0.484. The number of allylic oxidation sites excluding steroid dienone is 4. The first-order valence-corrected chi connectivity index (χ1v) is 12.8. The second-order valence-electron chi connectivity index (χ2n) is 9.28. The lowest BCUT2D eigenvalue weighted by molar-refractivity contribution is -0.119. The summed E-state index contributed by atoms with van der Waals surface area (Å²) in [6, 6.07) is 10.7. The van der Waals surface area contributed by atoms with Crippen LogP contribution in [-0.2, 0) is 19.1 Å². The van der Waals surface area contributed by atoms with Gasteiger partial charge in [-0.3, -0.25) is 14.4 Å². The first-order chi connectivity index (χ1) is 17.3. The fourth-order valence-corrected chi connectivity index (χ4v) is 5.62. The van der Waals surface area contributed by atoms with Gasteiger partial charge in [-0.25, -0.2) is 0 Å². The Morgan fingerprint density at radius 3 is 2.06 bits per heavy atom. The van der Waals surface area contributed by atoms with E-state index < -0.39 is 5.92 Å². The molecule has 186 valence electrons. The summed E-state index contributed by atoms with van der Waals surface area (Å²) >= 11 is 13.1. The van der Waals surface area contributed by atoms with Crippen molar-refractivity contribution in [1.82, 2.24) is 0 Å². The van der Waals surface area contributed by atoms with E-state index in [2.05, 4.69) is 5.32 Å². The van der Waals surface area contributed by atoms with E-state index in [0.29, 0.717) is 59.6 Å². The lowest BCUT2D eigenvalue weighted by atomic mass is 9.73. The van der Waals surface area contributed by atoms with E-state index in [9.17, 15) is 14.4 Å². The predicted molar refractivity (Wildman–Crippen MR) is 137 cm³/mol. The lowest BCUT2D eigenvalue weighted by Crippen LogP contribution is -2.30. The number of aryl methyl sites for hydroxylation is 1. The number of carbonyl (C=O) groups is 3. The topological polar surface area (TPSA) is 81.7 Å². The van der Waals surface area contributed by atoms with E-state index in [1.165, 1.54) is 0 Å². The average molecular weight is 526 g/mol. The molecule has 0 fully saturated rings. The van der Waals surface area contributed by atoms with Gasteiger partial charge in [0.25, 0.3) is 5.91 Å². The molecule has 2 aromatic rings. The highest BCUT2D eigenvalue weighted by atomic mass is 35.5. The molecule has 0 saturated heterocycles. The zero-order valence-electron chi connectivity index (χ0n) is 19.8. The van der Waals surface area contributed by atoms with E-state index in [1.54, 1.807) is 24.3 Å². The predicted octanol–water partition coefficient (Wildman–Crippen LogP) is 6.45. The van der Waals surface area contributed by atoms with Crippen molar-refractivity contribution in [3.63, 3.8) is 0 Å². The molecule has 3 aliphatic rings. The van der Waals surface area contributed by atoms with Crippen molar-refractivity contribution in [1.29, 1.82) is 0 Å². The third-order valence-corrected chi connectivity index (χ3v) is 7.24. The molecule has 6 nitrogen and oxygen atoms in total. The molecule has 0 radical (unpaired) electrons. The average Bonchev–Trinajstić information content (AvgIpc) is 2.84. The summed E-state index contributed by atoms with van der Waals surface area (Å²) in [5, 5.41) is 3.16. The van der Waals surface area contributed by atoms with Gasteiger partial charge in [0.05, 0.1) is 10.0 Å². The van der Waals surface area contributed by atoms with Crippen LogP contribution in [0.5, 0.6) is 5.75 Å². The van der Waals surface area contributed by atoms with E-state index in [0.717, 1.165) is 18.4 Å². The Labute approximate surface area is 219 Å². The molecule has 1 heterocycles. The lowest BCUT2D eigenvalue weighted by Gasteiger charge is -2.36. The Balaban J connectivity index is 1.42. The standard InChI is InChI=1S/C28H25Cl2NO5/c1-15-8-10-17(11-9-15)31-24(34)14-35-28-18(29)12-16(13-19(28)30)25-26-20(32)4-2-6-22(26)36-23-7-3-5-21(33)27(23)25/h8-13,25H,2-7,14H2,1H3,(H,31,34). The van der Waals surface area contributed by atoms with Gasteiger partial charge in [0.1, 0.15) is 11.5 Å². The number of hydrogen-bond donors (Lipinski definition) is 1. The second-order valence-corrected chi connectivity index (χ2v) is 10.1. The maximum absolute atomic E-state index is 13.0. The Bertz CT molecular complexity index is 1260. The Hall–Kier alpha value is -3.09. The monoisotopic (exact) mass is 525 g/mol. The fraction of sp³-hybridized carbons (Fsp3) is 0.321. The smallest absolute Gasteiger partial charge is 0.262 e. The van der Waals surface area contributed by atoms with Gasteiger partial charge in [0.15, 0.2) is 23.9 Å². The van der Waals surface area contributed by atoms with Crippen LogP contribution < -0.4 is 10.1 Å². The molecule has 36 heavy (non-hydrogen) atoms. The minimum atomic E-state index is -0.571. The van der Waals surface area contributed by atoms with Crippen LogP contribution in [0.2, 0.25) is 10.0 Å². The van der Waals surface area contributed by atoms with Crippen molar-refractivity contribution in [2.75, 3.05) is 11.9 Å². The van der Waals surface area contributed by atoms with Crippen molar-refractivity contribution in [2.24, 2.45) is 0 Å². The maximum atomic E-state index is 13.0. The van der Waals surface area contributed by atoms with E-state index >= 15 is 0 Å². The molecular weight excluding hydrogens is 501 g/mol. The zero-order valence-corrected chi connectivity index (χ0v) is 21.3. The van der Waals surface area contributed by atoms with Crippen LogP contribution in [0.25, 0.3) is 0 Å². The molecule has 0 aromatic heterocycles. The number of carbonyl (C=O) groups excluding carboxylic acids is 3. The summed E-state index contributed by atoms with van der Waals surface area (Å²) < 4.78 is 11.7. The van der Waals surface area contributed by atoms with Gasteiger partial charge in [-0.1, -0.05) is 40.9 Å². The number of halogens is 2. The van der Waals surface area contributed by atoms with Crippen LogP contribution >= 0.6 is 23.2 Å². The summed E-state index contributed by atoms with van der Waals surface area (Å²) in [6.07, 6.45) is 3.57. The van der Waals surface area contributed by atoms with Crippen molar-refractivity contribution in [2.45, 2.75) is 51.4 Å². The summed E-state index contributed by atoms with van der Waals surface area (Å²) in [6.45, 7) is 1.68. The van der Waals surface area contributed by atoms with Gasteiger partial charge in [0, 0.05) is 48.4 Å². The normalized spacial score (nSPS) is 18.0. The highest BCUT2D eigenvalue weighted by molar-refractivity contribution is 6.37. The Morgan fingerprint density at radius 1 is 0.944 bits per heavy atom. The number of ether oxygens (including phenoxy) is 2. The number of rotatable bonds is 5. The molecule has 2 aliphatic carbocycles. The number of benzene rings is 2. The van der Waals surface area contributed by atoms with Gasteiger partial charge >= 0.3 is 0 Å². The van der Waals surface area contributed by atoms with E-state index in [4.69, 9.17) is 32.7 Å². The van der Waals surface area contributed by atoms with E-state index in [-0.39, 0.29) is 39.9 Å². The summed E-state index contributed by atoms with van der Waals surface area (Å²) in [4.78, 5) is 38.3. The molecule has 5 rings (SSSR count). The Morgan fingerprint density at radius 2 is 1.50 bits per heavy atom. The van der Waals surface area contributed by atoms with E-state index in [1.807, 2.05) is 19.1 Å². The Kier molecular flexibility index (Phi) is 6.91. The molecule has 0 atom stereocenters. The minimum absolute atomic E-state index is 0.0217. The van der Waals surface area contributed by atoms with Gasteiger partial charge in [-0.2, -0.15) is 0 Å². The van der Waals surface area contributed by atoms with Crippen LogP contribution in [-0.4, -0.2) is 24.1 Å². The number of nitrogens with one attached hydrogen (secondary N) is 1. The molecule has 0 unspecified atom stereocenters. The van der Waals surface area contributed by atoms with Crippen molar-refractivity contribution in [3.05, 3.63) is 80.2 Å². The molecule has 1 amide bonds. The van der Waals surface area contributed by atoms with Crippen LogP contribution in [0.4, 0.5) is 5.69 Å². The second kappa shape index (κ2) is 10.1. The van der Waals surface area contributed by atoms with Gasteiger partial charge < -0.3 is 14.8 Å². The third-order valence-electron chi connectivity index (χ3n) is 6.68. The quantitative estimate of drug-likeness (QED) is 0.485. The number of ketones is 2. The molecule has 0 bridgehead atoms. The first-order valence-electron chi connectivity index (χ1n) is 12.0. The molecule has 1 N–H and O–H groups in total. The number of amides is 1. The van der Waals surface area contributed by atoms with Crippen LogP contribution in [0.15, 0.2) is 59.1 Å². The van der Waals surface area contributed by atoms with Crippen LogP contribution in [0.1, 0.15) is 55.6 Å². The molecule has 0 spiro atoms. The molecule has 0 saturated carbocycles. The number of hydrogen-bond acceptors (Lipinski definition) is 5. The third kappa shape index (κ3) is 4.80. The van der Waals surface area contributed by atoms with Crippen molar-refractivity contribution in [3.8, 4) is 5.75 Å². The molecule has 2 aromatic carbocycles. The van der Waals surface area contributed by atoms with Gasteiger partial charge in [-0.05, 0) is 49.6 Å². The van der Waals surface area contributed by atoms with Crippen molar-refractivity contribution >= 4 is 46.4 Å². The summed E-state index contributed by atoms with van der Waals surface area (Å²) in [5.41, 5.74) is 3.42. The first kappa shape index (κ1) is 24.6. The molecule has 1 aliphatic heterocycles. The van der Waals surface area contributed by atoms with Crippen molar-refractivity contribution < 1.29 is 23.9 Å². The molecule has 8 heteroatoms. The zero-order chi connectivity index (χ0) is 25.4. The van der Waals surface area contributed by atoms with Crippen LogP contribution in [0, 0.1) is 6.92 Å². The van der Waals surface area contributed by atoms with Crippen LogP contribution in [0.3, 0.4) is 0 Å². The highest BCUT2D eigenvalue weighted by Gasteiger charge is 2.42. The number of Topliss-reactive ketones (excluding diaryl/α,β-unsaturated/α-hetero) is 2. The maximum Gasteiger partial charge on any atom is 0.262 e. The minimum Gasteiger partial charge on any atom is -0.481 e. The SMILES string of the molecule is Cc1ccc(NC(=O)COc2c(Cl)cc(C3C4=C(CCCC4=O)OC4=C3C(=O)CCC4)cc2Cl)cc1. The van der Waals surface area contributed by atoms with Gasteiger partial charge in [0.2, 0.25) is 0 Å². The largest absolute Gasteiger partial charge is 0.481 e. The fourth-order valence-electron chi connectivity index (χ4n) is 5.01. The number of anilines is 1.